The standard InChI is InChI=1S/C8H8ClNO2/c1-5(11)8-7(12-2)3-6(9)4-10-8/h3-4H,1-2H3. The van der Waals surface area contributed by atoms with E-state index in [0.29, 0.717) is 16.5 Å². The highest BCUT2D eigenvalue weighted by molar-refractivity contribution is 6.30. The molecule has 0 saturated carbocycles. The molecule has 0 aromatic carbocycles. The maximum Gasteiger partial charge on any atom is 0.181 e. The first-order valence-corrected chi connectivity index (χ1v) is 3.73. The molecular weight excluding hydrogens is 178 g/mol. The second-order valence-corrected chi connectivity index (χ2v) is 2.70. The molecule has 12 heavy (non-hydrogen) atoms. The van der Waals surface area contributed by atoms with E-state index in [4.69, 9.17) is 16.3 Å². The van der Waals surface area contributed by atoms with Crippen LogP contribution in [-0.2, 0) is 0 Å². The Labute approximate surface area is 75.3 Å². The van der Waals surface area contributed by atoms with Crippen molar-refractivity contribution < 1.29 is 9.53 Å². The second kappa shape index (κ2) is 3.54. The minimum Gasteiger partial charge on any atom is -0.494 e. The Bertz CT molecular complexity index is 312. The molecule has 0 N–H and O–H groups in total. The number of hydrogen-bond acceptors (Lipinski definition) is 3. The topological polar surface area (TPSA) is 39.2 Å². The molecule has 1 aromatic rings. The number of carbonyl (C=O) groups is 1. The number of pyridine rings is 1. The van der Waals surface area contributed by atoms with Gasteiger partial charge in [0.25, 0.3) is 0 Å². The molecule has 0 unspecified atom stereocenters. The minimum atomic E-state index is -0.136. The lowest BCUT2D eigenvalue weighted by Crippen LogP contribution is -2.00. The van der Waals surface area contributed by atoms with Crippen molar-refractivity contribution in [2.75, 3.05) is 7.11 Å². The fourth-order valence-corrected chi connectivity index (χ4v) is 0.989. The number of aromatic nitrogens is 1. The third kappa shape index (κ3) is 1.74. The summed E-state index contributed by atoms with van der Waals surface area (Å²) in [5.41, 5.74) is 0.307. The highest BCUT2D eigenvalue weighted by atomic mass is 35.5. The lowest BCUT2D eigenvalue weighted by molar-refractivity contribution is 0.101. The Morgan fingerprint density at radius 3 is 2.83 bits per heavy atom. The lowest BCUT2D eigenvalue weighted by atomic mass is 10.2. The molecule has 0 spiro atoms. The van der Waals surface area contributed by atoms with Crippen LogP contribution in [0.1, 0.15) is 17.4 Å². The van der Waals surface area contributed by atoms with Crippen LogP contribution in [0.25, 0.3) is 0 Å². The molecule has 0 bridgehead atoms. The molecule has 0 fully saturated rings. The highest BCUT2D eigenvalue weighted by Crippen LogP contribution is 2.20. The SMILES string of the molecule is COc1cc(Cl)cnc1C(C)=O. The van der Waals surface area contributed by atoms with E-state index >= 15 is 0 Å². The van der Waals surface area contributed by atoms with Crippen LogP contribution in [0.5, 0.6) is 5.75 Å². The summed E-state index contributed by atoms with van der Waals surface area (Å²) in [6.07, 6.45) is 1.42. The number of nitrogens with zero attached hydrogens (tertiary/aromatic N) is 1. The zero-order chi connectivity index (χ0) is 9.14. The molecular formula is C8H8ClNO2. The summed E-state index contributed by atoms with van der Waals surface area (Å²) in [4.78, 5) is 14.8. The molecule has 1 heterocycles. The highest BCUT2D eigenvalue weighted by Gasteiger charge is 2.09. The number of carbonyl (C=O) groups excluding carboxylic acids is 1. The molecule has 1 rings (SSSR count). The van der Waals surface area contributed by atoms with E-state index in [1.54, 1.807) is 6.07 Å². The zero-order valence-corrected chi connectivity index (χ0v) is 7.55. The van der Waals surface area contributed by atoms with Gasteiger partial charge < -0.3 is 4.74 Å². The fraction of sp³-hybridized carbons (Fsp3) is 0.250. The van der Waals surface area contributed by atoms with Gasteiger partial charge in [0.15, 0.2) is 5.78 Å². The summed E-state index contributed by atoms with van der Waals surface area (Å²) in [5, 5.41) is 0.455. The fourth-order valence-electron chi connectivity index (χ4n) is 0.841. The molecule has 3 nitrogen and oxygen atoms in total. The summed E-state index contributed by atoms with van der Waals surface area (Å²) in [7, 11) is 1.47. The van der Waals surface area contributed by atoms with Crippen molar-refractivity contribution in [2.24, 2.45) is 0 Å². The monoisotopic (exact) mass is 185 g/mol. The van der Waals surface area contributed by atoms with E-state index in [1.807, 2.05) is 0 Å². The Balaban J connectivity index is 3.20. The van der Waals surface area contributed by atoms with E-state index in [1.165, 1.54) is 20.2 Å². The van der Waals surface area contributed by atoms with Crippen LogP contribution >= 0.6 is 11.6 Å². The van der Waals surface area contributed by atoms with Gasteiger partial charge in [-0.3, -0.25) is 4.79 Å². The Morgan fingerprint density at radius 1 is 1.67 bits per heavy atom. The predicted octanol–water partition coefficient (Wildman–Crippen LogP) is 1.95. The predicted molar refractivity (Wildman–Crippen MR) is 45.8 cm³/mol. The molecule has 0 atom stereocenters. The summed E-state index contributed by atoms with van der Waals surface area (Å²) < 4.78 is 4.92. The Hall–Kier alpha value is -1.09. The number of ketones is 1. The molecule has 0 amide bonds. The average molecular weight is 186 g/mol. The van der Waals surface area contributed by atoms with Gasteiger partial charge in [-0.2, -0.15) is 0 Å². The Morgan fingerprint density at radius 2 is 2.33 bits per heavy atom. The van der Waals surface area contributed by atoms with E-state index < -0.39 is 0 Å². The van der Waals surface area contributed by atoms with Gasteiger partial charge in [0.05, 0.1) is 12.1 Å². The van der Waals surface area contributed by atoms with Crippen LogP contribution in [0, 0.1) is 0 Å². The molecule has 0 aliphatic carbocycles. The molecule has 0 aliphatic rings. The van der Waals surface area contributed by atoms with Gasteiger partial charge >= 0.3 is 0 Å². The zero-order valence-electron chi connectivity index (χ0n) is 6.80. The Kier molecular flexibility index (Phi) is 2.65. The van der Waals surface area contributed by atoms with Crippen LogP contribution in [-0.4, -0.2) is 17.9 Å². The number of methoxy groups -OCH3 is 1. The molecule has 1 aromatic heterocycles. The maximum absolute atomic E-state index is 11.0. The molecule has 0 aliphatic heterocycles. The van der Waals surface area contributed by atoms with Gasteiger partial charge in [-0.25, -0.2) is 4.98 Å². The third-order valence-electron chi connectivity index (χ3n) is 1.37. The van der Waals surface area contributed by atoms with Gasteiger partial charge in [0, 0.05) is 19.2 Å². The first-order valence-electron chi connectivity index (χ1n) is 3.35. The van der Waals surface area contributed by atoms with Crippen LogP contribution in [0.15, 0.2) is 12.3 Å². The van der Waals surface area contributed by atoms with Gasteiger partial charge in [-0.15, -0.1) is 0 Å². The smallest absolute Gasteiger partial charge is 0.181 e. The average Bonchev–Trinajstić information content (AvgIpc) is 2.03. The molecule has 4 heteroatoms. The number of rotatable bonds is 2. The minimum absolute atomic E-state index is 0.136. The van der Waals surface area contributed by atoms with Crippen molar-refractivity contribution in [3.8, 4) is 5.75 Å². The molecule has 0 radical (unpaired) electrons. The van der Waals surface area contributed by atoms with Crippen LogP contribution in [0.3, 0.4) is 0 Å². The van der Waals surface area contributed by atoms with Crippen LogP contribution in [0.4, 0.5) is 0 Å². The molecule has 64 valence electrons. The van der Waals surface area contributed by atoms with Crippen LogP contribution < -0.4 is 4.74 Å². The van der Waals surface area contributed by atoms with Crippen molar-refractivity contribution in [1.82, 2.24) is 4.98 Å². The normalized spacial score (nSPS) is 9.58. The van der Waals surface area contributed by atoms with E-state index in [9.17, 15) is 4.79 Å². The van der Waals surface area contributed by atoms with Crippen molar-refractivity contribution in [2.45, 2.75) is 6.92 Å². The summed E-state index contributed by atoms with van der Waals surface area (Å²) >= 11 is 5.65. The summed E-state index contributed by atoms with van der Waals surface area (Å²) in [5.74, 6) is 0.276. The van der Waals surface area contributed by atoms with E-state index in [0.717, 1.165) is 0 Å². The van der Waals surface area contributed by atoms with Gasteiger partial charge in [-0.1, -0.05) is 11.6 Å². The summed E-state index contributed by atoms with van der Waals surface area (Å²) in [6.45, 7) is 1.43. The van der Waals surface area contributed by atoms with E-state index in [-0.39, 0.29) is 5.78 Å². The van der Waals surface area contributed by atoms with Crippen molar-refractivity contribution >= 4 is 17.4 Å². The number of hydrogen-bond donors (Lipinski definition) is 0. The first-order chi connectivity index (χ1) is 5.65. The van der Waals surface area contributed by atoms with Gasteiger partial charge in [0.2, 0.25) is 0 Å². The lowest BCUT2D eigenvalue weighted by Gasteiger charge is -2.03. The van der Waals surface area contributed by atoms with Gasteiger partial charge in [-0.05, 0) is 0 Å². The third-order valence-corrected chi connectivity index (χ3v) is 1.58. The molecule has 0 saturated heterocycles. The second-order valence-electron chi connectivity index (χ2n) is 2.26. The van der Waals surface area contributed by atoms with Crippen LogP contribution in [0.2, 0.25) is 5.02 Å². The van der Waals surface area contributed by atoms with Crippen molar-refractivity contribution in [3.05, 3.63) is 23.0 Å². The quantitative estimate of drug-likeness (QED) is 0.661. The van der Waals surface area contributed by atoms with E-state index in [2.05, 4.69) is 4.98 Å². The largest absolute Gasteiger partial charge is 0.494 e. The number of ether oxygens (including phenoxy) is 1. The number of Topliss-reactive ketones (excluding diaryl/α,β-unsaturated/α-hetero) is 1. The first kappa shape index (κ1) is 9.00. The van der Waals surface area contributed by atoms with Crippen molar-refractivity contribution in [3.63, 3.8) is 0 Å². The van der Waals surface area contributed by atoms with Gasteiger partial charge in [0.1, 0.15) is 11.4 Å². The summed E-state index contributed by atoms with van der Waals surface area (Å²) in [6, 6.07) is 1.56. The van der Waals surface area contributed by atoms with Crippen molar-refractivity contribution in [1.29, 1.82) is 0 Å². The number of halogens is 1. The maximum atomic E-state index is 11.0.